The molecule has 0 spiro atoms. The minimum Gasteiger partial charge on any atom is -0.469 e. The average molecular weight is 621 g/mol. The molecule has 2 aromatic heterocycles. The largest absolute Gasteiger partial charge is 0.469 e. The fraction of sp³-hybridized carbons (Fsp3) is 0.290. The van der Waals surface area contributed by atoms with Gasteiger partial charge in [0.2, 0.25) is 5.91 Å². The number of anilines is 1. The molecular formula is C31H30ClFN6O5. The van der Waals surface area contributed by atoms with Crippen LogP contribution in [-0.4, -0.2) is 56.1 Å². The predicted molar refractivity (Wildman–Crippen MR) is 160 cm³/mol. The highest BCUT2D eigenvalue weighted by atomic mass is 35.5. The first-order chi connectivity index (χ1) is 21.0. The van der Waals surface area contributed by atoms with Gasteiger partial charge in [-0.15, -0.1) is 5.10 Å². The van der Waals surface area contributed by atoms with E-state index in [1.54, 1.807) is 56.4 Å². The lowest BCUT2D eigenvalue weighted by Gasteiger charge is -2.25. The highest BCUT2D eigenvalue weighted by molar-refractivity contribution is 6.30. The number of aliphatic hydroxyl groups excluding tert-OH is 1. The third-order valence-corrected chi connectivity index (χ3v) is 7.81. The second-order valence-corrected chi connectivity index (χ2v) is 11.1. The lowest BCUT2D eigenvalue weighted by molar-refractivity contribution is -0.139. The van der Waals surface area contributed by atoms with Crippen LogP contribution in [0.1, 0.15) is 53.2 Å². The molecule has 2 aromatic carbocycles. The van der Waals surface area contributed by atoms with Gasteiger partial charge in [0.1, 0.15) is 5.69 Å². The maximum Gasteiger partial charge on any atom is 0.309 e. The fourth-order valence-corrected chi connectivity index (χ4v) is 5.31. The number of carbonyl (C=O) groups excluding carboxylic acids is 3. The number of aliphatic hydroxyl groups is 1. The van der Waals surface area contributed by atoms with Crippen molar-refractivity contribution in [3.8, 4) is 16.8 Å². The second-order valence-electron chi connectivity index (χ2n) is 10.7. The van der Waals surface area contributed by atoms with Crippen LogP contribution in [0, 0.1) is 18.7 Å². The maximum atomic E-state index is 14.7. The number of nitrogens with one attached hydrogen (secondary N) is 2. The summed E-state index contributed by atoms with van der Waals surface area (Å²) >= 11 is 5.93. The summed E-state index contributed by atoms with van der Waals surface area (Å²) in [6.45, 7) is 3.28. The Balaban J connectivity index is 1.51. The monoisotopic (exact) mass is 620 g/mol. The molecule has 3 N–H and O–H groups in total. The van der Waals surface area contributed by atoms with Crippen molar-refractivity contribution < 1.29 is 28.6 Å². The summed E-state index contributed by atoms with van der Waals surface area (Å²) in [6, 6.07) is 12.5. The van der Waals surface area contributed by atoms with Gasteiger partial charge in [-0.25, -0.2) is 9.07 Å². The summed E-state index contributed by atoms with van der Waals surface area (Å²) in [4.78, 5) is 43.0. The van der Waals surface area contributed by atoms with Gasteiger partial charge in [0.15, 0.2) is 11.5 Å². The van der Waals surface area contributed by atoms with E-state index in [0.717, 1.165) is 0 Å². The molecule has 5 rings (SSSR count). The van der Waals surface area contributed by atoms with Crippen LogP contribution in [0.25, 0.3) is 16.8 Å². The fourth-order valence-electron chi connectivity index (χ4n) is 5.15. The van der Waals surface area contributed by atoms with Crippen molar-refractivity contribution in [2.24, 2.45) is 5.92 Å². The van der Waals surface area contributed by atoms with Gasteiger partial charge in [-0.05, 0) is 61.2 Å². The molecule has 1 aliphatic heterocycles. The first-order valence-corrected chi connectivity index (χ1v) is 14.3. The van der Waals surface area contributed by atoms with Crippen LogP contribution >= 0.6 is 11.6 Å². The molecule has 0 fully saturated rings. The maximum absolute atomic E-state index is 14.7. The molecule has 0 unspecified atom stereocenters. The molecule has 3 heterocycles. The lowest BCUT2D eigenvalue weighted by Crippen LogP contribution is -2.34. The SMILES string of the molecule is COC(=O)Cc1ccc2c(c1)NC(=O)[C@H](C)C[C@@H](O)C[C@H](NC(=O)c1nnn(-c3cccc(Cl)c3F)c1C)c1cc-2ccn1. The zero-order valence-electron chi connectivity index (χ0n) is 24.2. The summed E-state index contributed by atoms with van der Waals surface area (Å²) < 4.78 is 20.7. The Bertz CT molecular complexity index is 1740. The van der Waals surface area contributed by atoms with Crippen molar-refractivity contribution in [1.29, 1.82) is 0 Å². The van der Waals surface area contributed by atoms with Crippen molar-refractivity contribution in [1.82, 2.24) is 25.3 Å². The van der Waals surface area contributed by atoms with Crippen LogP contribution in [0.3, 0.4) is 0 Å². The number of aromatic nitrogens is 4. The standard InChI is InChI=1S/C31H30ClFN6O5/c1-16-11-20(40)15-25(36-31(43)29-17(2)39(38-37-29)26-6-4-5-22(32)28(26)33)24-14-19(9-10-34-24)21-8-7-18(13-27(41)44-3)12-23(21)35-30(16)42/h4-10,12,14,16,20,25,40H,11,13,15H2,1-3H3,(H,35,42)(H,36,43)/t16-,20-,25+/m1/s1. The molecule has 2 amide bonds. The number of esters is 1. The van der Waals surface area contributed by atoms with Crippen LogP contribution in [-0.2, 0) is 20.7 Å². The molecule has 0 saturated carbocycles. The quantitative estimate of drug-likeness (QED) is 0.279. The number of nitrogens with zero attached hydrogens (tertiary/aromatic N) is 4. The van der Waals surface area contributed by atoms with Gasteiger partial charge in [0.05, 0.1) is 42.1 Å². The van der Waals surface area contributed by atoms with Crippen molar-refractivity contribution in [3.05, 3.63) is 88.2 Å². The summed E-state index contributed by atoms with van der Waals surface area (Å²) in [5, 5.41) is 24.7. The normalized spacial score (nSPS) is 18.3. The van der Waals surface area contributed by atoms with Gasteiger partial charge >= 0.3 is 5.97 Å². The molecule has 0 aliphatic carbocycles. The van der Waals surface area contributed by atoms with Gasteiger partial charge in [-0.3, -0.25) is 19.4 Å². The van der Waals surface area contributed by atoms with Gasteiger partial charge in [0.25, 0.3) is 5.91 Å². The highest BCUT2D eigenvalue weighted by Crippen LogP contribution is 2.33. The number of benzene rings is 2. The van der Waals surface area contributed by atoms with Crippen molar-refractivity contribution in [2.75, 3.05) is 12.4 Å². The lowest BCUT2D eigenvalue weighted by atomic mass is 9.93. The van der Waals surface area contributed by atoms with Crippen molar-refractivity contribution in [3.63, 3.8) is 0 Å². The molecule has 228 valence electrons. The number of hydrogen-bond acceptors (Lipinski definition) is 8. The Morgan fingerprint density at radius 1 is 1.20 bits per heavy atom. The minimum atomic E-state index is -0.978. The molecule has 1 aliphatic rings. The number of hydrogen-bond donors (Lipinski definition) is 3. The van der Waals surface area contributed by atoms with Crippen LogP contribution < -0.4 is 10.6 Å². The molecule has 2 bridgehead atoms. The van der Waals surface area contributed by atoms with Gasteiger partial charge in [-0.2, -0.15) is 0 Å². The third kappa shape index (κ3) is 6.46. The average Bonchev–Trinajstić information content (AvgIpc) is 3.38. The number of halogens is 2. The number of methoxy groups -OCH3 is 1. The van der Waals surface area contributed by atoms with Gasteiger partial charge in [0, 0.05) is 23.4 Å². The Hall–Kier alpha value is -4.68. The summed E-state index contributed by atoms with van der Waals surface area (Å²) in [5.41, 5.74) is 3.24. The summed E-state index contributed by atoms with van der Waals surface area (Å²) in [7, 11) is 1.31. The van der Waals surface area contributed by atoms with E-state index < -0.39 is 35.8 Å². The minimum absolute atomic E-state index is 0.0254. The smallest absolute Gasteiger partial charge is 0.309 e. The Morgan fingerprint density at radius 3 is 2.77 bits per heavy atom. The zero-order valence-corrected chi connectivity index (χ0v) is 24.9. The van der Waals surface area contributed by atoms with Crippen LogP contribution in [0.5, 0.6) is 0 Å². The molecule has 4 aromatic rings. The van der Waals surface area contributed by atoms with E-state index in [2.05, 4.69) is 25.9 Å². The molecule has 11 nitrogen and oxygen atoms in total. The third-order valence-electron chi connectivity index (χ3n) is 7.52. The first-order valence-electron chi connectivity index (χ1n) is 13.9. The first kappa shape index (κ1) is 30.8. The molecule has 0 radical (unpaired) electrons. The van der Waals surface area contributed by atoms with E-state index >= 15 is 0 Å². The molecule has 44 heavy (non-hydrogen) atoms. The van der Waals surface area contributed by atoms with E-state index in [0.29, 0.717) is 28.1 Å². The van der Waals surface area contributed by atoms with E-state index in [1.807, 2.05) is 0 Å². The zero-order chi connectivity index (χ0) is 31.5. The van der Waals surface area contributed by atoms with Crippen molar-refractivity contribution in [2.45, 2.75) is 45.3 Å². The number of carbonyl (C=O) groups is 3. The molecular weight excluding hydrogens is 591 g/mol. The Kier molecular flexibility index (Phi) is 9.02. The second kappa shape index (κ2) is 12.9. The van der Waals surface area contributed by atoms with Crippen LogP contribution in [0.4, 0.5) is 10.1 Å². The topological polar surface area (TPSA) is 148 Å². The van der Waals surface area contributed by atoms with E-state index in [4.69, 9.17) is 16.3 Å². The molecule has 13 heteroatoms. The van der Waals surface area contributed by atoms with E-state index in [1.165, 1.54) is 23.9 Å². The van der Waals surface area contributed by atoms with E-state index in [9.17, 15) is 23.9 Å². The molecule has 3 atom stereocenters. The summed E-state index contributed by atoms with van der Waals surface area (Å²) in [5.74, 6) is -2.62. The number of pyridine rings is 1. The highest BCUT2D eigenvalue weighted by Gasteiger charge is 2.28. The number of fused-ring (bicyclic) bond motifs is 4. The number of rotatable bonds is 5. The molecule has 0 saturated heterocycles. The summed E-state index contributed by atoms with van der Waals surface area (Å²) in [6.07, 6.45) is 0.784. The predicted octanol–water partition coefficient (Wildman–Crippen LogP) is 4.35. The van der Waals surface area contributed by atoms with Crippen LogP contribution in [0.2, 0.25) is 5.02 Å². The Labute approximate surface area is 257 Å². The Morgan fingerprint density at radius 2 is 2.00 bits per heavy atom. The van der Waals surface area contributed by atoms with Crippen molar-refractivity contribution >= 4 is 35.1 Å². The van der Waals surface area contributed by atoms with E-state index in [-0.39, 0.29) is 47.3 Å². The van der Waals surface area contributed by atoms with Crippen LogP contribution in [0.15, 0.2) is 54.7 Å². The van der Waals surface area contributed by atoms with Gasteiger partial charge < -0.3 is 20.5 Å². The number of amides is 2. The van der Waals surface area contributed by atoms with Gasteiger partial charge in [-0.1, -0.05) is 41.9 Å². The number of ether oxygens (including phenoxy) is 1.